The van der Waals surface area contributed by atoms with Crippen molar-refractivity contribution in [3.8, 4) is 0 Å². The highest BCUT2D eigenvalue weighted by molar-refractivity contribution is 7.98. The Labute approximate surface area is 99.5 Å². The van der Waals surface area contributed by atoms with Crippen LogP contribution < -0.4 is 0 Å². The molecule has 0 amide bonds. The second kappa shape index (κ2) is 4.98. The van der Waals surface area contributed by atoms with E-state index < -0.39 is 15.7 Å². The van der Waals surface area contributed by atoms with Gasteiger partial charge in [0.1, 0.15) is 5.78 Å². The number of carbonyl (C=O) groups excluding carboxylic acids is 1. The Morgan fingerprint density at radius 1 is 1.44 bits per heavy atom. The highest BCUT2D eigenvalue weighted by atomic mass is 32.2. The van der Waals surface area contributed by atoms with E-state index in [0.29, 0.717) is 0 Å². The molecule has 0 N–H and O–H groups in total. The van der Waals surface area contributed by atoms with Crippen LogP contribution in [0.1, 0.15) is 6.92 Å². The van der Waals surface area contributed by atoms with E-state index in [0.717, 1.165) is 6.26 Å². The van der Waals surface area contributed by atoms with Gasteiger partial charge in [0.25, 0.3) is 10.1 Å². The first-order valence-electron chi connectivity index (χ1n) is 4.49. The summed E-state index contributed by atoms with van der Waals surface area (Å²) in [6, 6.07) is 0. The largest absolute Gasteiger partial charge is 0.298 e. The number of rotatable bonds is 4. The molecule has 0 aromatic rings. The van der Waals surface area contributed by atoms with Gasteiger partial charge in [-0.2, -0.15) is 23.0 Å². The molecule has 9 heteroatoms. The fourth-order valence-electron chi connectivity index (χ4n) is 1.20. The van der Waals surface area contributed by atoms with Crippen molar-refractivity contribution in [1.82, 2.24) is 14.5 Å². The van der Waals surface area contributed by atoms with Gasteiger partial charge in [0.2, 0.25) is 5.56 Å². The smallest absolute Gasteiger partial charge is 0.266 e. The van der Waals surface area contributed by atoms with E-state index in [2.05, 4.69) is 0 Å². The molecule has 1 aliphatic heterocycles. The van der Waals surface area contributed by atoms with Crippen molar-refractivity contribution in [1.29, 1.82) is 0 Å². The van der Waals surface area contributed by atoms with Crippen molar-refractivity contribution < 1.29 is 17.4 Å². The highest BCUT2D eigenvalue weighted by Crippen LogP contribution is 2.31. The van der Waals surface area contributed by atoms with Crippen LogP contribution in [0.2, 0.25) is 0 Å². The first kappa shape index (κ1) is 13.9. The van der Waals surface area contributed by atoms with Crippen LogP contribution in [0, 0.1) is 0 Å². The van der Waals surface area contributed by atoms with Crippen LogP contribution in [0.3, 0.4) is 0 Å². The number of ketones is 1. The quantitative estimate of drug-likeness (QED) is 0.499. The summed E-state index contributed by atoms with van der Waals surface area (Å²) < 4.78 is 28.5. The average Bonchev–Trinajstić information content (AvgIpc) is 2.29. The van der Waals surface area contributed by atoms with Crippen LogP contribution in [0.15, 0.2) is 0 Å². The summed E-state index contributed by atoms with van der Waals surface area (Å²) in [4.78, 5) is 11.0. The molecule has 1 atom stereocenters. The van der Waals surface area contributed by atoms with E-state index in [1.54, 1.807) is 28.6 Å². The Morgan fingerprint density at radius 2 is 2.00 bits per heavy atom. The van der Waals surface area contributed by atoms with Crippen molar-refractivity contribution in [2.75, 3.05) is 26.9 Å². The summed E-state index contributed by atoms with van der Waals surface area (Å²) in [6.45, 7) is 1.65. The van der Waals surface area contributed by atoms with Gasteiger partial charge in [-0.15, -0.1) is 0 Å². The zero-order chi connectivity index (χ0) is 12.5. The average molecular weight is 269 g/mol. The molecule has 0 aliphatic carbocycles. The molecule has 1 aliphatic rings. The van der Waals surface area contributed by atoms with E-state index >= 15 is 0 Å². The predicted molar refractivity (Wildman–Crippen MR) is 60.2 cm³/mol. The summed E-state index contributed by atoms with van der Waals surface area (Å²) in [7, 11) is -0.123. The molecule has 0 aromatic heterocycles. The van der Waals surface area contributed by atoms with Gasteiger partial charge in [-0.1, -0.05) is 0 Å². The molecule has 94 valence electrons. The maximum absolute atomic E-state index is 11.0. The molecule has 0 aromatic carbocycles. The predicted octanol–water partition coefficient (Wildman–Crippen LogP) is -0.507. The van der Waals surface area contributed by atoms with Gasteiger partial charge >= 0.3 is 0 Å². The number of Topliss-reactive ketones (excluding diaryl/α,β-unsaturated/α-hetero) is 1. The molecule has 16 heavy (non-hydrogen) atoms. The maximum atomic E-state index is 11.0. The van der Waals surface area contributed by atoms with Crippen molar-refractivity contribution >= 4 is 27.8 Å². The molecule has 0 bridgehead atoms. The van der Waals surface area contributed by atoms with Gasteiger partial charge in [-0.3, -0.25) is 4.79 Å². The number of carbonyl (C=O) groups is 1. The Morgan fingerprint density at radius 3 is 2.44 bits per heavy atom. The van der Waals surface area contributed by atoms with Gasteiger partial charge in [-0.05, 0) is 18.9 Å². The molecule has 7 nitrogen and oxygen atoms in total. The van der Waals surface area contributed by atoms with Gasteiger partial charge in [0.05, 0.1) is 12.8 Å². The summed E-state index contributed by atoms with van der Waals surface area (Å²) >= 11 is 1.18. The summed E-state index contributed by atoms with van der Waals surface area (Å²) in [5, 5.41) is 3.18. The number of nitrogens with zero attached hydrogens (tertiary/aromatic N) is 3. The van der Waals surface area contributed by atoms with E-state index in [4.69, 9.17) is 4.18 Å². The van der Waals surface area contributed by atoms with E-state index in [9.17, 15) is 13.2 Å². The summed E-state index contributed by atoms with van der Waals surface area (Å²) in [5.41, 5.74) is -0.667. The fourth-order valence-corrected chi connectivity index (χ4v) is 2.98. The Bertz CT molecular complexity index is 372. The molecule has 1 rings (SSSR count). The molecule has 1 fully saturated rings. The third kappa shape index (κ3) is 3.68. The molecule has 0 saturated carbocycles. The molecule has 1 unspecified atom stereocenters. The van der Waals surface area contributed by atoms with Crippen LogP contribution >= 0.6 is 11.9 Å². The molecule has 0 radical (unpaired) electrons. The van der Waals surface area contributed by atoms with Gasteiger partial charge in [0, 0.05) is 14.1 Å². The lowest BCUT2D eigenvalue weighted by molar-refractivity contribution is -0.142. The zero-order valence-corrected chi connectivity index (χ0v) is 11.2. The fraction of sp³-hybridized carbons (Fsp3) is 0.857. The van der Waals surface area contributed by atoms with Gasteiger partial charge in [-0.25, -0.2) is 4.18 Å². The monoisotopic (exact) mass is 269 g/mol. The molecular weight excluding hydrogens is 254 g/mol. The van der Waals surface area contributed by atoms with E-state index in [-0.39, 0.29) is 12.3 Å². The SMILES string of the molecule is CC(=O)CN1N(C)SC(OS(C)(=O)=O)N1C. The minimum atomic E-state index is -3.52. The molecule has 0 spiro atoms. The molecule has 1 saturated heterocycles. The molecular formula is C7H15N3O4S2. The Balaban J connectivity index is 2.70. The first-order chi connectivity index (χ1) is 7.20. The third-order valence-corrected chi connectivity index (χ3v) is 3.59. The van der Waals surface area contributed by atoms with Crippen LogP contribution in [0.25, 0.3) is 0 Å². The maximum Gasteiger partial charge on any atom is 0.266 e. The molecule has 1 heterocycles. The third-order valence-electron chi connectivity index (χ3n) is 1.86. The van der Waals surface area contributed by atoms with Crippen LogP contribution in [-0.2, 0) is 19.1 Å². The lowest BCUT2D eigenvalue weighted by Gasteiger charge is -2.26. The second-order valence-corrected chi connectivity index (χ2v) is 6.23. The van der Waals surface area contributed by atoms with Gasteiger partial charge < -0.3 is 0 Å². The van der Waals surface area contributed by atoms with Crippen LogP contribution in [-0.4, -0.2) is 61.2 Å². The Kier molecular flexibility index (Phi) is 4.32. The second-order valence-electron chi connectivity index (χ2n) is 3.48. The van der Waals surface area contributed by atoms with Crippen molar-refractivity contribution in [3.63, 3.8) is 0 Å². The highest BCUT2D eigenvalue weighted by Gasteiger charge is 2.37. The van der Waals surface area contributed by atoms with Crippen molar-refractivity contribution in [2.24, 2.45) is 0 Å². The lowest BCUT2D eigenvalue weighted by Crippen LogP contribution is -2.45. The summed E-state index contributed by atoms with van der Waals surface area (Å²) in [6.07, 6.45) is 0.995. The van der Waals surface area contributed by atoms with Crippen LogP contribution in [0.5, 0.6) is 0 Å². The van der Waals surface area contributed by atoms with Crippen molar-refractivity contribution in [3.05, 3.63) is 0 Å². The normalized spacial score (nSPS) is 25.1. The van der Waals surface area contributed by atoms with E-state index in [1.807, 2.05) is 0 Å². The van der Waals surface area contributed by atoms with Gasteiger partial charge in [0.15, 0.2) is 0 Å². The Hall–Kier alpha value is -0.190. The summed E-state index contributed by atoms with van der Waals surface area (Å²) in [5.74, 6) is -0.0145. The minimum Gasteiger partial charge on any atom is -0.298 e. The zero-order valence-electron chi connectivity index (χ0n) is 9.58. The lowest BCUT2D eigenvalue weighted by atomic mass is 10.4. The standard InChI is InChI=1S/C7H15N3O4S2/c1-6(11)5-10-8(2)7(15-9(10)3)14-16(4,12)13/h7H,5H2,1-4H3. The number of hydrazine groups is 2. The minimum absolute atomic E-state index is 0.0145. The topological polar surface area (TPSA) is 70.2 Å². The number of hydrogen-bond acceptors (Lipinski definition) is 8. The van der Waals surface area contributed by atoms with Crippen molar-refractivity contribution in [2.45, 2.75) is 12.5 Å². The number of hydrogen-bond donors (Lipinski definition) is 0. The first-order valence-corrected chi connectivity index (χ1v) is 7.14. The van der Waals surface area contributed by atoms with Crippen LogP contribution in [0.4, 0.5) is 0 Å². The van der Waals surface area contributed by atoms with E-state index in [1.165, 1.54) is 18.9 Å².